The third-order valence-corrected chi connectivity index (χ3v) is 4.58. The Morgan fingerprint density at radius 1 is 1.15 bits per heavy atom. The predicted molar refractivity (Wildman–Crippen MR) is 96.7 cm³/mol. The van der Waals surface area contributed by atoms with Gasteiger partial charge in [-0.05, 0) is 31.9 Å². The third kappa shape index (κ3) is 4.41. The summed E-state index contributed by atoms with van der Waals surface area (Å²) in [7, 11) is 0. The first kappa shape index (κ1) is 18.0. The molecule has 0 spiro atoms. The zero-order valence-electron chi connectivity index (χ0n) is 14.7. The Hall–Kier alpha value is -2.83. The molecule has 0 bridgehead atoms. The van der Waals surface area contributed by atoms with Crippen LogP contribution in [-0.2, 0) is 9.53 Å². The molecule has 2 aromatic rings. The van der Waals surface area contributed by atoms with E-state index in [1.54, 1.807) is 6.07 Å². The molecule has 0 saturated heterocycles. The molecule has 1 aromatic carbocycles. The van der Waals surface area contributed by atoms with Gasteiger partial charge in [0.1, 0.15) is 5.69 Å². The average molecular weight is 357 g/mol. The number of amides is 3. The number of urea groups is 1. The van der Waals surface area contributed by atoms with Gasteiger partial charge in [-0.25, -0.2) is 9.59 Å². The Kier molecular flexibility index (Phi) is 5.55. The molecule has 1 heterocycles. The van der Waals surface area contributed by atoms with Crippen molar-refractivity contribution in [3.05, 3.63) is 36.0 Å². The summed E-state index contributed by atoms with van der Waals surface area (Å²) >= 11 is 0. The van der Waals surface area contributed by atoms with Gasteiger partial charge < -0.3 is 15.0 Å². The molecule has 0 radical (unpaired) electrons. The summed E-state index contributed by atoms with van der Waals surface area (Å²) in [6.07, 6.45) is 4.11. The first-order chi connectivity index (χ1) is 12.5. The van der Waals surface area contributed by atoms with Crippen LogP contribution in [0.3, 0.4) is 0 Å². The molecular formula is C19H23N3O4. The number of carbonyl (C=O) groups is 3. The van der Waals surface area contributed by atoms with Gasteiger partial charge in [-0.15, -0.1) is 0 Å². The summed E-state index contributed by atoms with van der Waals surface area (Å²) in [5.74, 6) is -1.29. The fourth-order valence-electron chi connectivity index (χ4n) is 3.14. The Labute approximate surface area is 151 Å². The van der Waals surface area contributed by atoms with E-state index < -0.39 is 24.0 Å². The number of carbonyl (C=O) groups excluding carboxylic acids is 3. The van der Waals surface area contributed by atoms with Crippen molar-refractivity contribution in [2.24, 2.45) is 0 Å². The van der Waals surface area contributed by atoms with E-state index in [0.29, 0.717) is 0 Å². The number of nitrogens with one attached hydrogen (secondary N) is 3. The second kappa shape index (κ2) is 8.03. The van der Waals surface area contributed by atoms with Gasteiger partial charge in [0.2, 0.25) is 0 Å². The van der Waals surface area contributed by atoms with Crippen molar-refractivity contribution < 1.29 is 19.1 Å². The molecule has 7 nitrogen and oxygen atoms in total. The number of H-pyrrole nitrogens is 1. The van der Waals surface area contributed by atoms with Crippen LogP contribution in [0.25, 0.3) is 10.9 Å². The lowest BCUT2D eigenvalue weighted by Gasteiger charge is -2.23. The zero-order valence-corrected chi connectivity index (χ0v) is 14.7. The maximum Gasteiger partial charge on any atom is 0.355 e. The van der Waals surface area contributed by atoms with E-state index in [2.05, 4.69) is 15.6 Å². The number of ether oxygens (including phenoxy) is 1. The summed E-state index contributed by atoms with van der Waals surface area (Å²) in [5, 5.41) is 5.90. The minimum Gasteiger partial charge on any atom is -0.448 e. The fraction of sp³-hybridized carbons (Fsp3) is 0.421. The van der Waals surface area contributed by atoms with Crippen LogP contribution in [0.15, 0.2) is 30.3 Å². The normalized spacial score (nSPS) is 16.0. The number of rotatable bonds is 4. The molecule has 1 aromatic heterocycles. The van der Waals surface area contributed by atoms with Crippen molar-refractivity contribution >= 4 is 28.8 Å². The van der Waals surface area contributed by atoms with Gasteiger partial charge in [0, 0.05) is 16.9 Å². The third-order valence-electron chi connectivity index (χ3n) is 4.58. The first-order valence-corrected chi connectivity index (χ1v) is 8.93. The molecule has 3 N–H and O–H groups in total. The number of hydrogen-bond acceptors (Lipinski definition) is 4. The number of aromatic amines is 1. The lowest BCUT2D eigenvalue weighted by molar-refractivity contribution is -0.127. The largest absolute Gasteiger partial charge is 0.448 e. The van der Waals surface area contributed by atoms with Gasteiger partial charge in [0.15, 0.2) is 6.10 Å². The molecule has 26 heavy (non-hydrogen) atoms. The highest BCUT2D eigenvalue weighted by Crippen LogP contribution is 2.17. The van der Waals surface area contributed by atoms with Gasteiger partial charge in [0.05, 0.1) is 0 Å². The highest BCUT2D eigenvalue weighted by molar-refractivity contribution is 5.99. The summed E-state index contributed by atoms with van der Waals surface area (Å²) < 4.78 is 5.16. The molecule has 0 unspecified atom stereocenters. The van der Waals surface area contributed by atoms with Crippen molar-refractivity contribution in [1.29, 1.82) is 0 Å². The van der Waals surface area contributed by atoms with Gasteiger partial charge in [-0.2, -0.15) is 0 Å². The topological polar surface area (TPSA) is 100 Å². The predicted octanol–water partition coefficient (Wildman–Crippen LogP) is 2.87. The molecule has 1 atom stereocenters. The fourth-order valence-corrected chi connectivity index (χ4v) is 3.14. The van der Waals surface area contributed by atoms with Gasteiger partial charge >= 0.3 is 12.0 Å². The van der Waals surface area contributed by atoms with Crippen LogP contribution in [0, 0.1) is 0 Å². The van der Waals surface area contributed by atoms with E-state index >= 15 is 0 Å². The monoisotopic (exact) mass is 357 g/mol. The number of aromatic nitrogens is 1. The Morgan fingerprint density at radius 2 is 1.88 bits per heavy atom. The van der Waals surface area contributed by atoms with Crippen LogP contribution in [0.4, 0.5) is 4.79 Å². The van der Waals surface area contributed by atoms with Crippen LogP contribution in [-0.4, -0.2) is 35.0 Å². The summed E-state index contributed by atoms with van der Waals surface area (Å²) in [5.41, 5.74) is 1.07. The highest BCUT2D eigenvalue weighted by Gasteiger charge is 2.23. The summed E-state index contributed by atoms with van der Waals surface area (Å²) in [6, 6.07) is 8.65. The van der Waals surface area contributed by atoms with Crippen LogP contribution in [0.5, 0.6) is 0 Å². The lowest BCUT2D eigenvalue weighted by atomic mass is 9.96. The molecule has 1 aliphatic rings. The minimum absolute atomic E-state index is 0.0979. The standard InChI is InChI=1S/C19H23N3O4/c1-12(17(23)22-19(25)20-14-8-3-2-4-9-14)26-18(24)16-11-13-7-5-6-10-15(13)21-16/h5-7,10-12,14,21H,2-4,8-9H2,1H3,(H2,20,22,23,25)/t12-/m0/s1. The maximum atomic E-state index is 12.2. The van der Waals surface area contributed by atoms with Crippen molar-refractivity contribution in [2.75, 3.05) is 0 Å². The molecule has 3 amide bonds. The minimum atomic E-state index is -1.08. The SMILES string of the molecule is C[C@H](OC(=O)c1cc2ccccc2[nH]1)C(=O)NC(=O)NC1CCCCC1. The number of imide groups is 1. The molecule has 1 fully saturated rings. The molecule has 1 saturated carbocycles. The highest BCUT2D eigenvalue weighted by atomic mass is 16.5. The van der Waals surface area contributed by atoms with E-state index in [1.165, 1.54) is 13.3 Å². The van der Waals surface area contributed by atoms with Crippen LogP contribution < -0.4 is 10.6 Å². The van der Waals surface area contributed by atoms with Crippen molar-refractivity contribution in [1.82, 2.24) is 15.6 Å². The Balaban J connectivity index is 1.51. The molecule has 138 valence electrons. The molecule has 7 heteroatoms. The van der Waals surface area contributed by atoms with E-state index in [1.807, 2.05) is 24.3 Å². The van der Waals surface area contributed by atoms with Crippen LogP contribution in [0.1, 0.15) is 49.5 Å². The van der Waals surface area contributed by atoms with Crippen molar-refractivity contribution in [3.63, 3.8) is 0 Å². The quantitative estimate of drug-likeness (QED) is 0.733. The molecule has 1 aliphatic carbocycles. The first-order valence-electron chi connectivity index (χ1n) is 8.93. The summed E-state index contributed by atoms with van der Waals surface area (Å²) in [4.78, 5) is 39.1. The number of esters is 1. The second-order valence-corrected chi connectivity index (χ2v) is 6.62. The van der Waals surface area contributed by atoms with Crippen molar-refractivity contribution in [3.8, 4) is 0 Å². The van der Waals surface area contributed by atoms with Crippen molar-refractivity contribution in [2.45, 2.75) is 51.2 Å². The smallest absolute Gasteiger partial charge is 0.355 e. The number of benzene rings is 1. The van der Waals surface area contributed by atoms with Gasteiger partial charge in [-0.3, -0.25) is 10.1 Å². The molecular weight excluding hydrogens is 334 g/mol. The zero-order chi connectivity index (χ0) is 18.5. The number of hydrogen-bond donors (Lipinski definition) is 3. The molecule has 3 rings (SSSR count). The van der Waals surface area contributed by atoms with E-state index in [0.717, 1.165) is 36.6 Å². The number of fused-ring (bicyclic) bond motifs is 1. The average Bonchev–Trinajstić information content (AvgIpc) is 3.06. The van der Waals surface area contributed by atoms with Crippen LogP contribution in [0.2, 0.25) is 0 Å². The maximum absolute atomic E-state index is 12.2. The summed E-state index contributed by atoms with van der Waals surface area (Å²) in [6.45, 7) is 1.43. The van der Waals surface area contributed by atoms with E-state index in [4.69, 9.17) is 4.74 Å². The Bertz CT molecular complexity index is 775. The molecule has 0 aliphatic heterocycles. The second-order valence-electron chi connectivity index (χ2n) is 6.62. The number of para-hydroxylation sites is 1. The van der Waals surface area contributed by atoms with E-state index in [9.17, 15) is 14.4 Å². The van der Waals surface area contributed by atoms with E-state index in [-0.39, 0.29) is 11.7 Å². The van der Waals surface area contributed by atoms with Crippen LogP contribution >= 0.6 is 0 Å². The van der Waals surface area contributed by atoms with Gasteiger partial charge in [0.25, 0.3) is 5.91 Å². The van der Waals surface area contributed by atoms with Gasteiger partial charge in [-0.1, -0.05) is 37.5 Å². The lowest BCUT2D eigenvalue weighted by Crippen LogP contribution is -2.48. The Morgan fingerprint density at radius 3 is 2.62 bits per heavy atom.